The van der Waals surface area contributed by atoms with Crippen molar-refractivity contribution in [2.75, 3.05) is 6.61 Å². The zero-order valence-corrected chi connectivity index (χ0v) is 6.50. The maximum atomic E-state index is 10.5. The molecule has 0 radical (unpaired) electrons. The van der Waals surface area contributed by atoms with E-state index in [0.717, 1.165) is 6.42 Å². The summed E-state index contributed by atoms with van der Waals surface area (Å²) in [6.07, 6.45) is 4.12. The normalized spacial score (nSPS) is 11.2. The average Bonchev–Trinajstić information content (AvgIpc) is 1.87. The third kappa shape index (κ3) is 5.51. The molecular weight excluding hydrogens is 128 g/mol. The van der Waals surface area contributed by atoms with Crippen LogP contribution in [0.25, 0.3) is 0 Å². The quantitative estimate of drug-likeness (QED) is 0.598. The van der Waals surface area contributed by atoms with E-state index < -0.39 is 0 Å². The minimum atomic E-state index is -0.380. The highest BCUT2D eigenvalue weighted by molar-refractivity contribution is 5.90. The largest absolute Gasteiger partial charge is 0.388 e. The topological polar surface area (TPSA) is 37.3 Å². The predicted molar refractivity (Wildman–Crippen MR) is 40.7 cm³/mol. The molecule has 0 aliphatic rings. The van der Waals surface area contributed by atoms with Gasteiger partial charge in [0.05, 0.1) is 0 Å². The summed E-state index contributed by atoms with van der Waals surface area (Å²) in [5.74, 6) is 0.350. The summed E-state index contributed by atoms with van der Waals surface area (Å²) in [6.45, 7) is 3.77. The molecule has 10 heavy (non-hydrogen) atoms. The Kier molecular flexibility index (Phi) is 4.85. The fourth-order valence-corrected chi connectivity index (χ4v) is 0.524. The lowest BCUT2D eigenvalue weighted by molar-refractivity contribution is -0.117. The standard InChI is InChI=1S/C8H14O2/c1-7(2)4-3-5-8(10)6-9/h3,5,7,9H,4,6H2,1-2H3. The van der Waals surface area contributed by atoms with Crippen LogP contribution in [0, 0.1) is 5.92 Å². The summed E-state index contributed by atoms with van der Waals surface area (Å²) in [7, 11) is 0. The summed E-state index contributed by atoms with van der Waals surface area (Å²) in [6, 6.07) is 0. The van der Waals surface area contributed by atoms with Gasteiger partial charge in [0.2, 0.25) is 0 Å². The highest BCUT2D eigenvalue weighted by Gasteiger charge is 1.91. The van der Waals surface area contributed by atoms with Gasteiger partial charge in [-0.25, -0.2) is 0 Å². The van der Waals surface area contributed by atoms with Crippen LogP contribution in [0.3, 0.4) is 0 Å². The van der Waals surface area contributed by atoms with Gasteiger partial charge in [-0.2, -0.15) is 0 Å². The molecule has 0 saturated carbocycles. The maximum absolute atomic E-state index is 10.5. The predicted octanol–water partition coefficient (Wildman–Crippen LogP) is 1.15. The van der Waals surface area contributed by atoms with Crippen molar-refractivity contribution in [3.8, 4) is 0 Å². The minimum Gasteiger partial charge on any atom is -0.388 e. The van der Waals surface area contributed by atoms with Crippen LogP contribution in [0.2, 0.25) is 0 Å². The van der Waals surface area contributed by atoms with Crippen molar-refractivity contribution in [1.29, 1.82) is 0 Å². The van der Waals surface area contributed by atoms with Gasteiger partial charge in [-0.3, -0.25) is 4.79 Å². The van der Waals surface area contributed by atoms with Gasteiger partial charge in [0.25, 0.3) is 0 Å². The second-order valence-corrected chi connectivity index (χ2v) is 2.66. The molecule has 0 aromatic heterocycles. The van der Waals surface area contributed by atoms with Crippen molar-refractivity contribution in [2.24, 2.45) is 5.92 Å². The Bertz CT molecular complexity index is 125. The van der Waals surface area contributed by atoms with Crippen molar-refractivity contribution in [1.82, 2.24) is 0 Å². The molecule has 0 aliphatic heterocycles. The Labute approximate surface area is 61.6 Å². The first-order valence-electron chi connectivity index (χ1n) is 3.47. The van der Waals surface area contributed by atoms with Gasteiger partial charge in [-0.05, 0) is 18.4 Å². The highest BCUT2D eigenvalue weighted by atomic mass is 16.3. The fourth-order valence-electron chi connectivity index (χ4n) is 0.524. The molecule has 0 rings (SSSR count). The summed E-state index contributed by atoms with van der Waals surface area (Å²) < 4.78 is 0. The molecular formula is C8H14O2. The van der Waals surface area contributed by atoms with Crippen LogP contribution in [0.1, 0.15) is 20.3 Å². The van der Waals surface area contributed by atoms with Gasteiger partial charge >= 0.3 is 0 Å². The zero-order chi connectivity index (χ0) is 7.98. The number of carbonyl (C=O) groups excluding carboxylic acids is 1. The highest BCUT2D eigenvalue weighted by Crippen LogP contribution is 1.99. The molecule has 0 atom stereocenters. The van der Waals surface area contributed by atoms with E-state index in [9.17, 15) is 4.79 Å². The summed E-state index contributed by atoms with van der Waals surface area (Å²) in [5.41, 5.74) is 0. The molecule has 0 saturated heterocycles. The Balaban J connectivity index is 3.46. The Morgan fingerprint density at radius 2 is 2.20 bits per heavy atom. The van der Waals surface area contributed by atoms with Gasteiger partial charge in [0.15, 0.2) is 5.78 Å². The minimum absolute atomic E-state index is 0.222. The second kappa shape index (κ2) is 5.18. The van der Waals surface area contributed by atoms with E-state index in [1.165, 1.54) is 6.08 Å². The molecule has 0 fully saturated rings. The number of rotatable bonds is 4. The molecule has 0 aromatic carbocycles. The molecule has 0 spiro atoms. The van der Waals surface area contributed by atoms with Crippen molar-refractivity contribution in [2.45, 2.75) is 20.3 Å². The first-order chi connectivity index (χ1) is 4.66. The first-order valence-corrected chi connectivity index (χ1v) is 3.47. The molecule has 0 aliphatic carbocycles. The first kappa shape index (κ1) is 9.37. The molecule has 2 heteroatoms. The van der Waals surface area contributed by atoms with Crippen LogP contribution in [0.5, 0.6) is 0 Å². The van der Waals surface area contributed by atoms with Crippen LogP contribution in [0.4, 0.5) is 0 Å². The number of allylic oxidation sites excluding steroid dienone is 1. The van der Waals surface area contributed by atoms with E-state index in [2.05, 4.69) is 13.8 Å². The third-order valence-corrected chi connectivity index (χ3v) is 1.07. The fraction of sp³-hybridized carbons (Fsp3) is 0.625. The number of hydrogen-bond donors (Lipinski definition) is 1. The lowest BCUT2D eigenvalue weighted by atomic mass is 10.1. The van der Waals surface area contributed by atoms with E-state index in [-0.39, 0.29) is 12.4 Å². The van der Waals surface area contributed by atoms with Crippen LogP contribution >= 0.6 is 0 Å². The third-order valence-electron chi connectivity index (χ3n) is 1.07. The smallest absolute Gasteiger partial charge is 0.180 e. The zero-order valence-electron chi connectivity index (χ0n) is 6.50. The molecule has 0 aromatic rings. The Morgan fingerprint density at radius 3 is 2.60 bits per heavy atom. The number of carbonyl (C=O) groups is 1. The molecule has 0 heterocycles. The van der Waals surface area contributed by atoms with E-state index in [1.807, 2.05) is 0 Å². The van der Waals surface area contributed by atoms with Crippen LogP contribution < -0.4 is 0 Å². The van der Waals surface area contributed by atoms with Crippen molar-refractivity contribution in [3.63, 3.8) is 0 Å². The van der Waals surface area contributed by atoms with Crippen molar-refractivity contribution < 1.29 is 9.90 Å². The van der Waals surface area contributed by atoms with Gasteiger partial charge in [0.1, 0.15) is 6.61 Å². The Hall–Kier alpha value is -0.630. The van der Waals surface area contributed by atoms with Gasteiger partial charge < -0.3 is 5.11 Å². The average molecular weight is 142 g/mol. The van der Waals surface area contributed by atoms with Crippen molar-refractivity contribution in [3.05, 3.63) is 12.2 Å². The molecule has 0 amide bonds. The van der Waals surface area contributed by atoms with Gasteiger partial charge in [0, 0.05) is 0 Å². The maximum Gasteiger partial charge on any atom is 0.180 e. The van der Waals surface area contributed by atoms with E-state index in [0.29, 0.717) is 5.92 Å². The SMILES string of the molecule is CC(C)CC=CC(=O)CO. The lowest BCUT2D eigenvalue weighted by Gasteiger charge is -1.95. The van der Waals surface area contributed by atoms with Crippen LogP contribution in [-0.4, -0.2) is 17.5 Å². The van der Waals surface area contributed by atoms with E-state index in [4.69, 9.17) is 5.11 Å². The molecule has 1 N–H and O–H groups in total. The number of hydrogen-bond acceptors (Lipinski definition) is 2. The summed E-state index contributed by atoms with van der Waals surface area (Å²) in [4.78, 5) is 10.5. The lowest BCUT2D eigenvalue weighted by Crippen LogP contribution is -1.98. The Morgan fingerprint density at radius 1 is 1.60 bits per heavy atom. The van der Waals surface area contributed by atoms with Crippen LogP contribution in [-0.2, 0) is 4.79 Å². The van der Waals surface area contributed by atoms with Crippen molar-refractivity contribution >= 4 is 5.78 Å². The number of aliphatic hydroxyl groups excluding tert-OH is 1. The van der Waals surface area contributed by atoms with Crippen LogP contribution in [0.15, 0.2) is 12.2 Å². The van der Waals surface area contributed by atoms with E-state index in [1.54, 1.807) is 6.08 Å². The second-order valence-electron chi connectivity index (χ2n) is 2.66. The molecule has 58 valence electrons. The number of aliphatic hydroxyl groups is 1. The summed E-state index contributed by atoms with van der Waals surface area (Å²) in [5, 5.41) is 8.30. The molecule has 0 bridgehead atoms. The van der Waals surface area contributed by atoms with Gasteiger partial charge in [-0.1, -0.05) is 19.9 Å². The summed E-state index contributed by atoms with van der Waals surface area (Å²) >= 11 is 0. The monoisotopic (exact) mass is 142 g/mol. The van der Waals surface area contributed by atoms with E-state index >= 15 is 0 Å². The molecule has 0 unspecified atom stereocenters. The number of ketones is 1. The molecule has 2 nitrogen and oxygen atoms in total. The van der Waals surface area contributed by atoms with Gasteiger partial charge in [-0.15, -0.1) is 0 Å².